The van der Waals surface area contributed by atoms with Gasteiger partial charge in [-0.2, -0.15) is 0 Å². The fourth-order valence-corrected chi connectivity index (χ4v) is 2.98. The van der Waals surface area contributed by atoms with E-state index in [-0.39, 0.29) is 0 Å². The minimum Gasteiger partial charge on any atom is -0.297 e. The number of alkyl halides is 1. The van der Waals surface area contributed by atoms with Gasteiger partial charge < -0.3 is 0 Å². The number of nitrogens with zero attached hydrogens (tertiary/aromatic N) is 3. The van der Waals surface area contributed by atoms with E-state index in [1.54, 1.807) is 11.3 Å². The Hall–Kier alpha value is -0.970. The third kappa shape index (κ3) is 4.00. The molecule has 2 aromatic heterocycles. The van der Waals surface area contributed by atoms with E-state index < -0.39 is 0 Å². The molecule has 102 valence electrons. The Balaban J connectivity index is 1.90. The Kier molecular flexibility index (Phi) is 5.31. The van der Waals surface area contributed by atoms with Gasteiger partial charge in [0.25, 0.3) is 0 Å². The first-order chi connectivity index (χ1) is 9.20. The maximum atomic E-state index is 5.79. The zero-order valence-electron chi connectivity index (χ0n) is 11.2. The standard InChI is InChI=1S/C14H18ClN3S/c1-11(14-17-13(9-15)10-19-14)18(2)8-5-12-3-6-16-7-4-12/h3-4,6-7,10-11H,5,8-9H2,1-2H3. The van der Waals surface area contributed by atoms with Crippen molar-refractivity contribution >= 4 is 22.9 Å². The molecule has 3 nitrogen and oxygen atoms in total. The largest absolute Gasteiger partial charge is 0.297 e. The third-order valence-electron chi connectivity index (χ3n) is 3.23. The van der Waals surface area contributed by atoms with Crippen molar-refractivity contribution in [1.82, 2.24) is 14.9 Å². The number of aromatic nitrogens is 2. The summed E-state index contributed by atoms with van der Waals surface area (Å²) in [7, 11) is 2.13. The number of thiazole rings is 1. The van der Waals surface area contributed by atoms with Crippen molar-refractivity contribution in [3.8, 4) is 0 Å². The second-order valence-corrected chi connectivity index (χ2v) is 5.73. The molecule has 0 saturated carbocycles. The lowest BCUT2D eigenvalue weighted by Gasteiger charge is -2.22. The van der Waals surface area contributed by atoms with Crippen LogP contribution in [0.5, 0.6) is 0 Å². The number of halogens is 1. The first kappa shape index (κ1) is 14.4. The van der Waals surface area contributed by atoms with E-state index in [0.717, 1.165) is 23.7 Å². The van der Waals surface area contributed by atoms with Crippen LogP contribution in [-0.2, 0) is 12.3 Å². The highest BCUT2D eigenvalue weighted by molar-refractivity contribution is 7.09. The van der Waals surface area contributed by atoms with E-state index in [1.807, 2.05) is 17.8 Å². The smallest absolute Gasteiger partial charge is 0.110 e. The van der Waals surface area contributed by atoms with Gasteiger partial charge in [0.1, 0.15) is 5.01 Å². The molecule has 19 heavy (non-hydrogen) atoms. The van der Waals surface area contributed by atoms with Gasteiger partial charge in [-0.15, -0.1) is 22.9 Å². The lowest BCUT2D eigenvalue weighted by Crippen LogP contribution is -2.24. The van der Waals surface area contributed by atoms with Crippen molar-refractivity contribution in [2.24, 2.45) is 0 Å². The number of hydrogen-bond donors (Lipinski definition) is 0. The van der Waals surface area contributed by atoms with Gasteiger partial charge in [0, 0.05) is 24.3 Å². The Morgan fingerprint density at radius 3 is 2.74 bits per heavy atom. The molecule has 5 heteroatoms. The van der Waals surface area contributed by atoms with Gasteiger partial charge in [-0.05, 0) is 38.1 Å². The van der Waals surface area contributed by atoms with Crippen molar-refractivity contribution < 1.29 is 0 Å². The van der Waals surface area contributed by atoms with Crippen molar-refractivity contribution in [1.29, 1.82) is 0 Å². The topological polar surface area (TPSA) is 29.0 Å². The van der Waals surface area contributed by atoms with Crippen LogP contribution >= 0.6 is 22.9 Å². The Bertz CT molecular complexity index is 500. The maximum absolute atomic E-state index is 5.79. The first-order valence-electron chi connectivity index (χ1n) is 6.30. The molecule has 0 spiro atoms. The van der Waals surface area contributed by atoms with Crippen molar-refractivity contribution in [2.45, 2.75) is 25.3 Å². The van der Waals surface area contributed by atoms with Gasteiger partial charge in [0.2, 0.25) is 0 Å². The molecule has 2 aromatic rings. The average molecular weight is 296 g/mol. The number of pyridine rings is 1. The van der Waals surface area contributed by atoms with Crippen LogP contribution in [0.2, 0.25) is 0 Å². The summed E-state index contributed by atoms with van der Waals surface area (Å²) in [5.74, 6) is 0.490. The van der Waals surface area contributed by atoms with Crippen LogP contribution in [0.1, 0.15) is 29.2 Å². The van der Waals surface area contributed by atoms with Crippen LogP contribution in [0.15, 0.2) is 29.9 Å². The molecular formula is C14H18ClN3S. The van der Waals surface area contributed by atoms with Crippen molar-refractivity contribution in [2.75, 3.05) is 13.6 Å². The predicted molar refractivity (Wildman–Crippen MR) is 80.7 cm³/mol. The Morgan fingerprint density at radius 1 is 1.37 bits per heavy atom. The fourth-order valence-electron chi connectivity index (χ4n) is 1.81. The molecule has 0 fully saturated rings. The highest BCUT2D eigenvalue weighted by Gasteiger charge is 2.15. The van der Waals surface area contributed by atoms with Crippen molar-refractivity contribution in [3.05, 3.63) is 46.2 Å². The molecule has 0 saturated heterocycles. The van der Waals surface area contributed by atoms with Crippen LogP contribution in [0.3, 0.4) is 0 Å². The predicted octanol–water partition coefficient (Wildman–Crippen LogP) is 3.51. The molecule has 1 atom stereocenters. The summed E-state index contributed by atoms with van der Waals surface area (Å²) in [6.07, 6.45) is 4.70. The van der Waals surface area contributed by atoms with Gasteiger partial charge in [0.05, 0.1) is 17.6 Å². The number of rotatable bonds is 6. The first-order valence-corrected chi connectivity index (χ1v) is 7.71. The Labute approximate surface area is 123 Å². The fraction of sp³-hybridized carbons (Fsp3) is 0.429. The maximum Gasteiger partial charge on any atom is 0.110 e. The molecule has 0 N–H and O–H groups in total. The van der Waals surface area contributed by atoms with Crippen LogP contribution in [0.25, 0.3) is 0 Å². The molecule has 2 heterocycles. The second-order valence-electron chi connectivity index (χ2n) is 4.57. The van der Waals surface area contributed by atoms with E-state index in [0.29, 0.717) is 11.9 Å². The molecule has 0 radical (unpaired) electrons. The second kappa shape index (κ2) is 6.98. The molecule has 2 rings (SSSR count). The third-order valence-corrected chi connectivity index (χ3v) is 4.57. The minimum atomic E-state index is 0.323. The SMILES string of the molecule is CC(c1nc(CCl)cs1)N(C)CCc1ccncc1. The molecule has 0 aliphatic heterocycles. The van der Waals surface area contributed by atoms with E-state index in [2.05, 4.69) is 41.0 Å². The quantitative estimate of drug-likeness (QED) is 0.764. The van der Waals surface area contributed by atoms with Crippen LogP contribution in [0.4, 0.5) is 0 Å². The van der Waals surface area contributed by atoms with Gasteiger partial charge in [0.15, 0.2) is 0 Å². The zero-order valence-corrected chi connectivity index (χ0v) is 12.8. The highest BCUT2D eigenvalue weighted by atomic mass is 35.5. The lowest BCUT2D eigenvalue weighted by molar-refractivity contribution is 0.264. The van der Waals surface area contributed by atoms with Gasteiger partial charge >= 0.3 is 0 Å². The summed E-state index contributed by atoms with van der Waals surface area (Å²) in [6.45, 7) is 3.18. The van der Waals surface area contributed by atoms with Gasteiger partial charge in [-0.3, -0.25) is 9.88 Å². The average Bonchev–Trinajstić information content (AvgIpc) is 2.94. The molecule has 0 aliphatic rings. The highest BCUT2D eigenvalue weighted by Crippen LogP contribution is 2.23. The molecule has 0 aromatic carbocycles. The van der Waals surface area contributed by atoms with E-state index in [9.17, 15) is 0 Å². The molecular weight excluding hydrogens is 278 g/mol. The zero-order chi connectivity index (χ0) is 13.7. The summed E-state index contributed by atoms with van der Waals surface area (Å²) in [6, 6.07) is 4.45. The van der Waals surface area contributed by atoms with Crippen LogP contribution < -0.4 is 0 Å². The minimum absolute atomic E-state index is 0.323. The number of hydrogen-bond acceptors (Lipinski definition) is 4. The number of likely N-dealkylation sites (N-methyl/N-ethyl adjacent to an activating group) is 1. The van der Waals surface area contributed by atoms with E-state index in [4.69, 9.17) is 11.6 Å². The summed E-state index contributed by atoms with van der Waals surface area (Å²) < 4.78 is 0. The van der Waals surface area contributed by atoms with E-state index >= 15 is 0 Å². The van der Waals surface area contributed by atoms with Crippen molar-refractivity contribution in [3.63, 3.8) is 0 Å². The molecule has 0 aliphatic carbocycles. The summed E-state index contributed by atoms with van der Waals surface area (Å²) in [4.78, 5) is 10.9. The molecule has 0 bridgehead atoms. The van der Waals surface area contributed by atoms with Crippen LogP contribution in [-0.4, -0.2) is 28.5 Å². The summed E-state index contributed by atoms with van der Waals surface area (Å²) >= 11 is 7.48. The molecule has 1 unspecified atom stereocenters. The normalized spacial score (nSPS) is 12.8. The summed E-state index contributed by atoms with van der Waals surface area (Å²) in [5.41, 5.74) is 2.28. The molecule has 0 amide bonds. The summed E-state index contributed by atoms with van der Waals surface area (Å²) in [5, 5.41) is 3.17. The van der Waals surface area contributed by atoms with Gasteiger partial charge in [-0.25, -0.2) is 4.98 Å². The Morgan fingerprint density at radius 2 is 2.11 bits per heavy atom. The monoisotopic (exact) mass is 295 g/mol. The van der Waals surface area contributed by atoms with Crippen LogP contribution in [0, 0.1) is 0 Å². The van der Waals surface area contributed by atoms with Gasteiger partial charge in [-0.1, -0.05) is 0 Å². The van der Waals surface area contributed by atoms with E-state index in [1.165, 1.54) is 5.56 Å². The lowest BCUT2D eigenvalue weighted by atomic mass is 10.2.